The molecule has 4 rings (SSSR count). The molecule has 0 amide bonds. The van der Waals surface area contributed by atoms with E-state index in [0.29, 0.717) is 6.04 Å². The van der Waals surface area contributed by atoms with Crippen molar-refractivity contribution < 1.29 is 0 Å². The van der Waals surface area contributed by atoms with Gasteiger partial charge in [0.05, 0.1) is 0 Å². The minimum absolute atomic E-state index is 0.690. The van der Waals surface area contributed by atoms with Crippen LogP contribution in [0.25, 0.3) is 0 Å². The maximum Gasteiger partial charge on any atom is 0.0354 e. The molecule has 2 heteroatoms. The summed E-state index contributed by atoms with van der Waals surface area (Å²) in [5.74, 6) is 1.79. The van der Waals surface area contributed by atoms with Crippen LogP contribution >= 0.6 is 0 Å². The maximum atomic E-state index is 3.60. The summed E-state index contributed by atoms with van der Waals surface area (Å²) in [6.45, 7) is 6.18. The van der Waals surface area contributed by atoms with Crippen LogP contribution in [0.4, 0.5) is 0 Å². The molecule has 1 aliphatic carbocycles. The molecule has 0 saturated carbocycles. The molecule has 2 nitrogen and oxygen atoms in total. The molecule has 0 bridgehead atoms. The van der Waals surface area contributed by atoms with E-state index >= 15 is 0 Å². The Bertz CT molecular complexity index is 484. The van der Waals surface area contributed by atoms with E-state index in [1.165, 1.54) is 45.3 Å². The van der Waals surface area contributed by atoms with E-state index in [2.05, 4.69) is 41.4 Å². The largest absolute Gasteiger partial charge is 0.316 e. The number of likely N-dealkylation sites (tertiary alicyclic amines) is 1. The van der Waals surface area contributed by atoms with Gasteiger partial charge in [0.25, 0.3) is 0 Å². The van der Waals surface area contributed by atoms with Gasteiger partial charge in [-0.3, -0.25) is 4.90 Å². The first kappa shape index (κ1) is 12.8. The Hall–Kier alpha value is -0.860. The van der Waals surface area contributed by atoms with Gasteiger partial charge in [0.1, 0.15) is 0 Å². The highest BCUT2D eigenvalue weighted by Crippen LogP contribution is 2.43. The summed E-state index contributed by atoms with van der Waals surface area (Å²) in [4.78, 5) is 2.87. The SMILES string of the molecule is CCC1C2CNCC2CN1C1CCCc2ccccc21. The molecule has 2 saturated heterocycles. The molecule has 4 unspecified atom stereocenters. The van der Waals surface area contributed by atoms with Crippen LogP contribution in [0.3, 0.4) is 0 Å². The molecule has 3 aliphatic rings. The van der Waals surface area contributed by atoms with Gasteiger partial charge in [-0.1, -0.05) is 31.2 Å². The summed E-state index contributed by atoms with van der Waals surface area (Å²) in [7, 11) is 0. The van der Waals surface area contributed by atoms with Crippen LogP contribution in [-0.2, 0) is 6.42 Å². The van der Waals surface area contributed by atoms with Crippen molar-refractivity contribution >= 4 is 0 Å². The number of nitrogens with one attached hydrogen (secondary N) is 1. The number of hydrogen-bond acceptors (Lipinski definition) is 2. The fourth-order valence-electron chi connectivity index (χ4n) is 5.02. The van der Waals surface area contributed by atoms with Crippen molar-refractivity contribution in [3.63, 3.8) is 0 Å². The standard InChI is InChI=1S/C18H26N2/c1-2-17-16-11-19-10-14(16)12-20(17)18-9-5-7-13-6-3-4-8-15(13)18/h3-4,6,8,14,16-19H,2,5,7,9-12H2,1H3. The number of fused-ring (bicyclic) bond motifs is 2. The third-order valence-electron chi connectivity index (χ3n) is 5.91. The van der Waals surface area contributed by atoms with Crippen LogP contribution in [0.1, 0.15) is 43.4 Å². The van der Waals surface area contributed by atoms with Crippen LogP contribution in [-0.4, -0.2) is 30.6 Å². The molecule has 0 radical (unpaired) electrons. The zero-order chi connectivity index (χ0) is 13.5. The Morgan fingerprint density at radius 2 is 2.15 bits per heavy atom. The number of rotatable bonds is 2. The Labute approximate surface area is 122 Å². The van der Waals surface area contributed by atoms with E-state index in [1.807, 2.05) is 0 Å². The highest BCUT2D eigenvalue weighted by Gasteiger charge is 2.46. The zero-order valence-electron chi connectivity index (χ0n) is 12.5. The van der Waals surface area contributed by atoms with E-state index in [4.69, 9.17) is 0 Å². The lowest BCUT2D eigenvalue weighted by atomic mass is 9.86. The first-order valence-electron chi connectivity index (χ1n) is 8.42. The lowest BCUT2D eigenvalue weighted by Crippen LogP contribution is -2.39. The van der Waals surface area contributed by atoms with Gasteiger partial charge in [0, 0.05) is 18.6 Å². The molecule has 108 valence electrons. The highest BCUT2D eigenvalue weighted by atomic mass is 15.2. The Balaban J connectivity index is 1.65. The molecule has 20 heavy (non-hydrogen) atoms. The molecule has 2 aliphatic heterocycles. The fourth-order valence-corrected chi connectivity index (χ4v) is 5.02. The molecule has 1 aromatic rings. The van der Waals surface area contributed by atoms with Crippen molar-refractivity contribution in [1.29, 1.82) is 0 Å². The number of nitrogens with zero attached hydrogens (tertiary/aromatic N) is 1. The minimum atomic E-state index is 0.690. The van der Waals surface area contributed by atoms with Crippen molar-refractivity contribution in [1.82, 2.24) is 10.2 Å². The van der Waals surface area contributed by atoms with Crippen molar-refractivity contribution in [3.8, 4) is 0 Å². The van der Waals surface area contributed by atoms with Gasteiger partial charge in [0.2, 0.25) is 0 Å². The van der Waals surface area contributed by atoms with Gasteiger partial charge in [-0.05, 0) is 61.7 Å². The Morgan fingerprint density at radius 1 is 1.25 bits per heavy atom. The first-order chi connectivity index (χ1) is 9.88. The van der Waals surface area contributed by atoms with E-state index in [1.54, 1.807) is 11.1 Å². The van der Waals surface area contributed by atoms with Crippen LogP contribution in [0.2, 0.25) is 0 Å². The minimum Gasteiger partial charge on any atom is -0.316 e. The van der Waals surface area contributed by atoms with Crippen molar-refractivity contribution in [2.75, 3.05) is 19.6 Å². The van der Waals surface area contributed by atoms with Crippen LogP contribution in [0, 0.1) is 11.8 Å². The maximum absolute atomic E-state index is 3.60. The molecule has 4 atom stereocenters. The lowest BCUT2D eigenvalue weighted by Gasteiger charge is -2.38. The zero-order valence-corrected chi connectivity index (χ0v) is 12.5. The summed E-state index contributed by atoms with van der Waals surface area (Å²) in [6, 6.07) is 10.7. The van der Waals surface area contributed by atoms with Gasteiger partial charge in [-0.2, -0.15) is 0 Å². The van der Waals surface area contributed by atoms with Gasteiger partial charge in [0.15, 0.2) is 0 Å². The average molecular weight is 270 g/mol. The second-order valence-electron chi connectivity index (χ2n) is 6.86. The number of hydrogen-bond donors (Lipinski definition) is 1. The van der Waals surface area contributed by atoms with Gasteiger partial charge in [-0.15, -0.1) is 0 Å². The molecule has 1 N–H and O–H groups in total. The predicted octanol–water partition coefficient (Wildman–Crippen LogP) is 2.99. The Morgan fingerprint density at radius 3 is 3.05 bits per heavy atom. The van der Waals surface area contributed by atoms with Gasteiger partial charge >= 0.3 is 0 Å². The topological polar surface area (TPSA) is 15.3 Å². The van der Waals surface area contributed by atoms with E-state index in [0.717, 1.165) is 17.9 Å². The second kappa shape index (κ2) is 5.16. The van der Waals surface area contributed by atoms with Crippen molar-refractivity contribution in [2.45, 2.75) is 44.7 Å². The smallest absolute Gasteiger partial charge is 0.0354 e. The molecule has 0 spiro atoms. The van der Waals surface area contributed by atoms with Gasteiger partial charge < -0.3 is 5.32 Å². The van der Waals surface area contributed by atoms with E-state index < -0.39 is 0 Å². The molecular formula is C18H26N2. The summed E-state index contributed by atoms with van der Waals surface area (Å²) < 4.78 is 0. The molecule has 2 fully saturated rings. The third kappa shape index (κ3) is 1.93. The summed E-state index contributed by atoms with van der Waals surface area (Å²) in [5.41, 5.74) is 3.24. The van der Waals surface area contributed by atoms with Crippen LogP contribution in [0.5, 0.6) is 0 Å². The monoisotopic (exact) mass is 270 g/mol. The summed E-state index contributed by atoms with van der Waals surface area (Å²) in [6.07, 6.45) is 5.32. The van der Waals surface area contributed by atoms with Crippen molar-refractivity contribution in [2.24, 2.45) is 11.8 Å². The second-order valence-corrected chi connectivity index (χ2v) is 6.86. The Kier molecular flexibility index (Phi) is 3.31. The molecule has 2 heterocycles. The quantitative estimate of drug-likeness (QED) is 0.889. The highest BCUT2D eigenvalue weighted by molar-refractivity contribution is 5.32. The molecule has 1 aromatic carbocycles. The van der Waals surface area contributed by atoms with Crippen molar-refractivity contribution in [3.05, 3.63) is 35.4 Å². The van der Waals surface area contributed by atoms with Crippen LogP contribution < -0.4 is 5.32 Å². The normalized spacial score (nSPS) is 36.9. The van der Waals surface area contributed by atoms with Crippen LogP contribution in [0.15, 0.2) is 24.3 Å². The molecule has 0 aromatic heterocycles. The lowest BCUT2D eigenvalue weighted by molar-refractivity contribution is 0.140. The van der Waals surface area contributed by atoms with Gasteiger partial charge in [-0.25, -0.2) is 0 Å². The summed E-state index contributed by atoms with van der Waals surface area (Å²) in [5, 5.41) is 3.60. The third-order valence-corrected chi connectivity index (χ3v) is 5.91. The first-order valence-corrected chi connectivity index (χ1v) is 8.42. The predicted molar refractivity (Wildman–Crippen MR) is 82.8 cm³/mol. The average Bonchev–Trinajstić information content (AvgIpc) is 3.06. The van der Waals surface area contributed by atoms with E-state index in [9.17, 15) is 0 Å². The summed E-state index contributed by atoms with van der Waals surface area (Å²) >= 11 is 0. The number of benzene rings is 1. The molecular weight excluding hydrogens is 244 g/mol. The number of aryl methyl sites for hydroxylation is 1. The fraction of sp³-hybridized carbons (Fsp3) is 0.667. The van der Waals surface area contributed by atoms with E-state index in [-0.39, 0.29) is 0 Å².